The van der Waals surface area contributed by atoms with Gasteiger partial charge in [0.2, 0.25) is 5.88 Å². The van der Waals surface area contributed by atoms with Gasteiger partial charge in [-0.25, -0.2) is 4.79 Å². The largest absolute Gasteiger partial charge is 0.493 e. The molecule has 0 unspecified atom stereocenters. The fourth-order valence-corrected chi connectivity index (χ4v) is 2.35. The molecule has 0 aliphatic heterocycles. The molecule has 0 aliphatic rings. The maximum Gasteiger partial charge on any atom is 0.350 e. The van der Waals surface area contributed by atoms with Gasteiger partial charge in [-0.2, -0.15) is 4.98 Å². The number of nitrogens with zero attached hydrogens (tertiary/aromatic N) is 3. The highest BCUT2D eigenvalue weighted by atomic mass is 16.6. The van der Waals surface area contributed by atoms with Gasteiger partial charge in [-0.1, -0.05) is 41.5 Å². The average molecular weight is 440 g/mol. The molecule has 0 N–H and O–H groups in total. The van der Waals surface area contributed by atoms with Crippen molar-refractivity contribution in [3.8, 4) is 17.4 Å². The number of nitro groups is 1. The monoisotopic (exact) mass is 439 g/mol. The van der Waals surface area contributed by atoms with Crippen LogP contribution in [0.15, 0.2) is 23.1 Å². The predicted molar refractivity (Wildman–Crippen MR) is 123 cm³/mol. The van der Waals surface area contributed by atoms with Crippen LogP contribution in [0.2, 0.25) is 0 Å². The maximum atomic E-state index is 11.7. The maximum absolute atomic E-state index is 11.7. The Kier molecular flexibility index (Phi) is 12.6. The molecular weight excluding hydrogens is 402 g/mol. The molecule has 0 atom stereocenters. The Morgan fingerprint density at radius 2 is 1.77 bits per heavy atom. The minimum absolute atomic E-state index is 0. The highest BCUT2D eigenvalue weighted by molar-refractivity contribution is 5.54. The van der Waals surface area contributed by atoms with Gasteiger partial charge >= 0.3 is 5.69 Å². The van der Waals surface area contributed by atoms with Crippen molar-refractivity contribution in [2.24, 2.45) is 13.0 Å². The lowest BCUT2D eigenvalue weighted by Crippen LogP contribution is -2.21. The Morgan fingerprint density at radius 3 is 2.29 bits per heavy atom. The van der Waals surface area contributed by atoms with Crippen LogP contribution in [0.25, 0.3) is 0 Å². The normalized spacial score (nSPS) is 9.74. The van der Waals surface area contributed by atoms with Gasteiger partial charge in [-0.15, -0.1) is 0 Å². The van der Waals surface area contributed by atoms with E-state index in [1.165, 1.54) is 23.8 Å². The summed E-state index contributed by atoms with van der Waals surface area (Å²) in [6.07, 6.45) is 1.59. The molecule has 0 saturated carbocycles. The van der Waals surface area contributed by atoms with Gasteiger partial charge in [-0.05, 0) is 18.9 Å². The summed E-state index contributed by atoms with van der Waals surface area (Å²) in [5, 5.41) is 11.5. The van der Waals surface area contributed by atoms with Crippen molar-refractivity contribution >= 4 is 5.69 Å². The van der Waals surface area contributed by atoms with Crippen LogP contribution in [0.4, 0.5) is 5.69 Å². The summed E-state index contributed by atoms with van der Waals surface area (Å²) in [5.74, 6) is 1.05. The van der Waals surface area contributed by atoms with Crippen LogP contribution < -0.4 is 19.9 Å². The molecule has 31 heavy (non-hydrogen) atoms. The number of nitro benzene ring substituents is 1. The van der Waals surface area contributed by atoms with Gasteiger partial charge in [0.25, 0.3) is 5.69 Å². The van der Waals surface area contributed by atoms with E-state index in [0.717, 1.165) is 0 Å². The Balaban J connectivity index is 0. The molecule has 0 amide bonds. The predicted octanol–water partition coefficient (Wildman–Crippen LogP) is 4.92. The molecule has 1 aromatic heterocycles. The number of hydrogen-bond acceptors (Lipinski definition) is 7. The van der Waals surface area contributed by atoms with Gasteiger partial charge in [0.1, 0.15) is 6.61 Å². The first-order valence-electron chi connectivity index (χ1n) is 10.4. The van der Waals surface area contributed by atoms with E-state index in [9.17, 15) is 14.9 Å². The Bertz CT molecular complexity index is 900. The SMILES string of the molecule is CC.CC.COc1cc(COc2nc(=O)n(C)cc2C)c([N+](=O)[O-])cc1OCC(C)C.[HH]. The third kappa shape index (κ3) is 8.27. The third-order valence-electron chi connectivity index (χ3n) is 3.72. The molecule has 0 saturated heterocycles. The molecule has 0 fully saturated rings. The molecule has 176 valence electrons. The molecule has 1 heterocycles. The van der Waals surface area contributed by atoms with Crippen LogP contribution >= 0.6 is 0 Å². The van der Waals surface area contributed by atoms with E-state index in [-0.39, 0.29) is 31.1 Å². The fraction of sp³-hybridized carbons (Fsp3) is 0.545. The fourth-order valence-electron chi connectivity index (χ4n) is 2.35. The molecule has 0 radical (unpaired) electrons. The standard InChI is InChI=1S/C18H23N3O6.2C2H6.H2/c1-11(2)9-26-16-7-14(21(23)24)13(6-15(16)25-5)10-27-17-12(3)8-20(4)18(22)19-17;2*1-2;/h6-8,11H,9-10H2,1-5H3;2*1-2H3;1H. The highest BCUT2D eigenvalue weighted by Gasteiger charge is 2.21. The molecule has 2 aromatic rings. The molecule has 1 aromatic carbocycles. The van der Waals surface area contributed by atoms with Gasteiger partial charge in [0.05, 0.1) is 30.3 Å². The first-order chi connectivity index (χ1) is 14.7. The first kappa shape index (κ1) is 27.9. The van der Waals surface area contributed by atoms with Crippen LogP contribution in [0.3, 0.4) is 0 Å². The van der Waals surface area contributed by atoms with Gasteiger partial charge in [-0.3, -0.25) is 10.1 Å². The van der Waals surface area contributed by atoms with Crippen LogP contribution in [0.5, 0.6) is 17.4 Å². The number of aryl methyl sites for hydroxylation is 2. The highest BCUT2D eigenvalue weighted by Crippen LogP contribution is 2.35. The van der Waals surface area contributed by atoms with Crippen molar-refractivity contribution in [2.45, 2.75) is 55.1 Å². The second kappa shape index (κ2) is 14.0. The van der Waals surface area contributed by atoms with Crippen molar-refractivity contribution in [3.05, 3.63) is 50.1 Å². The lowest BCUT2D eigenvalue weighted by atomic mass is 10.1. The zero-order chi connectivity index (χ0) is 24.1. The van der Waals surface area contributed by atoms with Crippen molar-refractivity contribution in [2.75, 3.05) is 13.7 Å². The van der Waals surface area contributed by atoms with Crippen molar-refractivity contribution < 1.29 is 20.6 Å². The first-order valence-corrected chi connectivity index (χ1v) is 10.4. The lowest BCUT2D eigenvalue weighted by Gasteiger charge is -2.14. The van der Waals surface area contributed by atoms with Gasteiger partial charge in [0.15, 0.2) is 11.5 Å². The van der Waals surface area contributed by atoms with Crippen LogP contribution in [-0.2, 0) is 13.7 Å². The number of ether oxygens (including phenoxy) is 3. The summed E-state index contributed by atoms with van der Waals surface area (Å²) in [6, 6.07) is 2.83. The Hall–Kier alpha value is -3.10. The topological polar surface area (TPSA) is 106 Å². The minimum atomic E-state index is -0.509. The summed E-state index contributed by atoms with van der Waals surface area (Å²) in [5.41, 5.74) is 0.301. The van der Waals surface area contributed by atoms with E-state index < -0.39 is 10.6 Å². The molecule has 0 bridgehead atoms. The van der Waals surface area contributed by atoms with E-state index in [1.54, 1.807) is 20.2 Å². The second-order valence-electron chi connectivity index (χ2n) is 6.50. The van der Waals surface area contributed by atoms with Crippen molar-refractivity contribution in [3.63, 3.8) is 0 Å². The summed E-state index contributed by atoms with van der Waals surface area (Å²) < 4.78 is 17.8. The van der Waals surface area contributed by atoms with E-state index in [1.807, 2.05) is 41.5 Å². The zero-order valence-electron chi connectivity index (χ0n) is 20.0. The minimum Gasteiger partial charge on any atom is -0.493 e. The van der Waals surface area contributed by atoms with Crippen LogP contribution in [-0.4, -0.2) is 28.2 Å². The summed E-state index contributed by atoms with van der Waals surface area (Å²) in [7, 11) is 3.04. The van der Waals surface area contributed by atoms with E-state index in [2.05, 4.69) is 4.98 Å². The lowest BCUT2D eigenvalue weighted by molar-refractivity contribution is -0.385. The number of methoxy groups -OCH3 is 1. The summed E-state index contributed by atoms with van der Waals surface area (Å²) in [4.78, 5) is 26.5. The molecule has 9 nitrogen and oxygen atoms in total. The summed E-state index contributed by atoms with van der Waals surface area (Å²) >= 11 is 0. The Morgan fingerprint density at radius 1 is 1.16 bits per heavy atom. The summed E-state index contributed by atoms with van der Waals surface area (Å²) in [6.45, 7) is 13.9. The van der Waals surface area contributed by atoms with E-state index in [0.29, 0.717) is 23.7 Å². The van der Waals surface area contributed by atoms with Gasteiger partial charge < -0.3 is 18.8 Å². The average Bonchev–Trinajstić information content (AvgIpc) is 2.76. The molecule has 2 rings (SSSR count). The van der Waals surface area contributed by atoms with Crippen molar-refractivity contribution in [1.29, 1.82) is 0 Å². The molecule has 9 heteroatoms. The number of rotatable bonds is 8. The smallest absolute Gasteiger partial charge is 0.350 e. The zero-order valence-corrected chi connectivity index (χ0v) is 20.0. The number of aromatic nitrogens is 2. The van der Waals surface area contributed by atoms with Gasteiger partial charge in [0, 0.05) is 20.2 Å². The second-order valence-corrected chi connectivity index (χ2v) is 6.50. The van der Waals surface area contributed by atoms with Crippen LogP contribution in [0.1, 0.15) is 54.1 Å². The van der Waals surface area contributed by atoms with Crippen molar-refractivity contribution in [1.82, 2.24) is 9.55 Å². The molecule has 0 aliphatic carbocycles. The quantitative estimate of drug-likeness (QED) is 0.424. The molecule has 0 spiro atoms. The third-order valence-corrected chi connectivity index (χ3v) is 3.72. The van der Waals surface area contributed by atoms with E-state index in [4.69, 9.17) is 14.2 Å². The number of benzene rings is 1. The Labute approximate surface area is 185 Å². The van der Waals surface area contributed by atoms with Crippen LogP contribution in [0, 0.1) is 23.0 Å². The molecular formula is C22H37N3O6. The van der Waals surface area contributed by atoms with E-state index >= 15 is 0 Å². The number of hydrogen-bond donors (Lipinski definition) is 0.